The van der Waals surface area contributed by atoms with Crippen LogP contribution >= 0.6 is 0 Å². The van der Waals surface area contributed by atoms with Crippen LogP contribution in [0.3, 0.4) is 0 Å². The Morgan fingerprint density at radius 1 is 1.03 bits per heavy atom. The highest BCUT2D eigenvalue weighted by molar-refractivity contribution is 5.81. The van der Waals surface area contributed by atoms with Gasteiger partial charge in [-0.2, -0.15) is 0 Å². The van der Waals surface area contributed by atoms with Crippen molar-refractivity contribution in [2.45, 2.75) is 19.8 Å². The molecule has 1 aliphatic rings. The number of guanidine groups is 1. The summed E-state index contributed by atoms with van der Waals surface area (Å²) in [5.74, 6) is 1.87. The lowest BCUT2D eigenvalue weighted by Crippen LogP contribution is -2.49. The Hall–Kier alpha value is -3.16. The molecule has 0 spiro atoms. The minimum atomic E-state index is 0.156. The van der Waals surface area contributed by atoms with Gasteiger partial charge in [0.2, 0.25) is 5.91 Å². The molecule has 2 aromatic heterocycles. The number of rotatable bonds is 8. The van der Waals surface area contributed by atoms with E-state index in [1.807, 2.05) is 48.2 Å². The maximum atomic E-state index is 12.6. The fourth-order valence-corrected chi connectivity index (χ4v) is 3.34. The van der Waals surface area contributed by atoms with Gasteiger partial charge in [0.25, 0.3) is 0 Å². The van der Waals surface area contributed by atoms with Crippen molar-refractivity contribution in [3.05, 3.63) is 54.5 Å². The van der Waals surface area contributed by atoms with Crippen molar-refractivity contribution in [1.29, 1.82) is 0 Å². The molecule has 1 amide bonds. The number of anilines is 1. The first-order valence-electron chi connectivity index (χ1n) is 10.6. The molecule has 30 heavy (non-hydrogen) atoms. The van der Waals surface area contributed by atoms with Crippen LogP contribution in [0.2, 0.25) is 0 Å². The van der Waals surface area contributed by atoms with Gasteiger partial charge in [-0.3, -0.25) is 14.8 Å². The molecule has 8 nitrogen and oxygen atoms in total. The summed E-state index contributed by atoms with van der Waals surface area (Å²) >= 11 is 0. The van der Waals surface area contributed by atoms with Crippen LogP contribution in [0.15, 0.2) is 53.8 Å². The zero-order valence-electron chi connectivity index (χ0n) is 17.6. The third kappa shape index (κ3) is 6.72. The van der Waals surface area contributed by atoms with Crippen LogP contribution in [0.1, 0.15) is 19.0 Å². The Bertz CT molecular complexity index is 790. The first-order valence-corrected chi connectivity index (χ1v) is 10.6. The summed E-state index contributed by atoms with van der Waals surface area (Å²) in [5.41, 5.74) is 1.04. The van der Waals surface area contributed by atoms with E-state index < -0.39 is 0 Å². The standard InChI is InChI=1S/C22H31N7O/c1-2-23-22(26-13-9-19-7-3-5-11-24-19)27-14-10-21(30)29-17-15-28(16-18-29)20-8-4-6-12-25-20/h3-8,11-12H,2,9-10,13-18H2,1H3,(H2,23,26,27). The van der Waals surface area contributed by atoms with E-state index >= 15 is 0 Å². The summed E-state index contributed by atoms with van der Waals surface area (Å²) in [4.78, 5) is 30.0. The molecule has 8 heteroatoms. The number of piperazine rings is 1. The van der Waals surface area contributed by atoms with E-state index in [2.05, 4.69) is 30.5 Å². The molecule has 0 aromatic carbocycles. The van der Waals surface area contributed by atoms with Gasteiger partial charge in [-0.05, 0) is 31.2 Å². The van der Waals surface area contributed by atoms with Gasteiger partial charge in [0.1, 0.15) is 5.82 Å². The Morgan fingerprint density at radius 3 is 2.47 bits per heavy atom. The smallest absolute Gasteiger partial charge is 0.224 e. The van der Waals surface area contributed by atoms with Crippen molar-refractivity contribution in [3.63, 3.8) is 0 Å². The van der Waals surface area contributed by atoms with E-state index in [4.69, 9.17) is 0 Å². The van der Waals surface area contributed by atoms with E-state index in [1.54, 1.807) is 12.4 Å². The maximum Gasteiger partial charge on any atom is 0.224 e. The highest BCUT2D eigenvalue weighted by atomic mass is 16.2. The maximum absolute atomic E-state index is 12.6. The molecule has 0 bridgehead atoms. The summed E-state index contributed by atoms with van der Waals surface area (Å²) in [7, 11) is 0. The van der Waals surface area contributed by atoms with Gasteiger partial charge < -0.3 is 20.4 Å². The van der Waals surface area contributed by atoms with Crippen molar-refractivity contribution in [2.24, 2.45) is 4.99 Å². The van der Waals surface area contributed by atoms with Crippen LogP contribution in [0.25, 0.3) is 0 Å². The second kappa shape index (κ2) is 11.7. The predicted molar refractivity (Wildman–Crippen MR) is 120 cm³/mol. The number of aliphatic imine (C=N–C) groups is 1. The van der Waals surface area contributed by atoms with E-state index in [1.165, 1.54) is 0 Å². The lowest BCUT2D eigenvalue weighted by atomic mass is 10.2. The summed E-state index contributed by atoms with van der Waals surface area (Å²) in [6.45, 7) is 7.09. The highest BCUT2D eigenvalue weighted by Crippen LogP contribution is 2.13. The van der Waals surface area contributed by atoms with Gasteiger partial charge in [-0.1, -0.05) is 12.1 Å². The molecule has 0 saturated carbocycles. The number of carbonyl (C=O) groups is 1. The SMILES string of the molecule is CCNC(=NCCC(=O)N1CCN(c2ccccn2)CC1)NCCc1ccccn1. The summed E-state index contributed by atoms with van der Waals surface area (Å²) in [6, 6.07) is 11.8. The fourth-order valence-electron chi connectivity index (χ4n) is 3.34. The lowest BCUT2D eigenvalue weighted by Gasteiger charge is -2.35. The quantitative estimate of drug-likeness (QED) is 0.505. The van der Waals surface area contributed by atoms with Crippen molar-refractivity contribution >= 4 is 17.7 Å². The number of nitrogens with zero attached hydrogens (tertiary/aromatic N) is 5. The number of hydrogen-bond donors (Lipinski definition) is 2. The van der Waals surface area contributed by atoms with Gasteiger partial charge in [0.15, 0.2) is 5.96 Å². The highest BCUT2D eigenvalue weighted by Gasteiger charge is 2.21. The molecule has 1 aliphatic heterocycles. The number of carbonyl (C=O) groups excluding carboxylic acids is 1. The third-order valence-electron chi connectivity index (χ3n) is 4.95. The normalized spacial score (nSPS) is 14.5. The molecule has 2 aromatic rings. The number of aromatic nitrogens is 2. The Morgan fingerprint density at radius 2 is 1.80 bits per heavy atom. The second-order valence-corrected chi connectivity index (χ2v) is 7.06. The van der Waals surface area contributed by atoms with Gasteiger partial charge in [-0.15, -0.1) is 0 Å². The summed E-state index contributed by atoms with van der Waals surface area (Å²) in [6.07, 6.45) is 4.85. The molecular weight excluding hydrogens is 378 g/mol. The molecule has 0 unspecified atom stereocenters. The van der Waals surface area contributed by atoms with Gasteiger partial charge in [0, 0.05) is 70.2 Å². The minimum absolute atomic E-state index is 0.156. The van der Waals surface area contributed by atoms with Crippen LogP contribution in [0, 0.1) is 0 Å². The summed E-state index contributed by atoms with van der Waals surface area (Å²) in [5, 5.41) is 6.53. The second-order valence-electron chi connectivity index (χ2n) is 7.06. The van der Waals surface area contributed by atoms with Crippen molar-refractivity contribution in [2.75, 3.05) is 50.7 Å². The van der Waals surface area contributed by atoms with Crippen molar-refractivity contribution in [1.82, 2.24) is 25.5 Å². The Labute approximate surface area is 178 Å². The zero-order valence-corrected chi connectivity index (χ0v) is 17.6. The van der Waals surface area contributed by atoms with Crippen LogP contribution in [-0.2, 0) is 11.2 Å². The van der Waals surface area contributed by atoms with Crippen molar-refractivity contribution in [3.8, 4) is 0 Å². The molecular formula is C22H31N7O. The Balaban J connectivity index is 1.39. The number of nitrogens with one attached hydrogen (secondary N) is 2. The number of amides is 1. The van der Waals surface area contributed by atoms with E-state index in [9.17, 15) is 4.79 Å². The van der Waals surface area contributed by atoms with Gasteiger partial charge in [-0.25, -0.2) is 4.98 Å². The van der Waals surface area contributed by atoms with Crippen LogP contribution in [0.4, 0.5) is 5.82 Å². The van der Waals surface area contributed by atoms with Crippen molar-refractivity contribution < 1.29 is 4.79 Å². The van der Waals surface area contributed by atoms with Crippen LogP contribution in [-0.4, -0.2) is 72.5 Å². The average molecular weight is 410 g/mol. The molecule has 160 valence electrons. The first kappa shape index (κ1) is 21.5. The van der Waals surface area contributed by atoms with Crippen LogP contribution < -0.4 is 15.5 Å². The van der Waals surface area contributed by atoms with E-state index in [0.717, 1.165) is 63.2 Å². The molecule has 0 aliphatic carbocycles. The average Bonchev–Trinajstić information content (AvgIpc) is 2.80. The number of pyridine rings is 2. The van der Waals surface area contributed by atoms with Crippen LogP contribution in [0.5, 0.6) is 0 Å². The largest absolute Gasteiger partial charge is 0.357 e. The molecule has 1 fully saturated rings. The Kier molecular flexibility index (Phi) is 8.44. The fraction of sp³-hybridized carbons (Fsp3) is 0.455. The van der Waals surface area contributed by atoms with E-state index in [0.29, 0.717) is 13.0 Å². The van der Waals surface area contributed by atoms with Gasteiger partial charge >= 0.3 is 0 Å². The lowest BCUT2D eigenvalue weighted by molar-refractivity contribution is -0.131. The zero-order chi connectivity index (χ0) is 21.0. The first-order chi connectivity index (χ1) is 14.8. The molecule has 0 atom stereocenters. The molecule has 1 saturated heterocycles. The number of hydrogen-bond acceptors (Lipinski definition) is 5. The molecule has 3 heterocycles. The summed E-state index contributed by atoms with van der Waals surface area (Å²) < 4.78 is 0. The predicted octanol–water partition coefficient (Wildman–Crippen LogP) is 1.31. The van der Waals surface area contributed by atoms with Gasteiger partial charge in [0.05, 0.1) is 6.54 Å². The minimum Gasteiger partial charge on any atom is -0.357 e. The van der Waals surface area contributed by atoms with E-state index in [-0.39, 0.29) is 5.91 Å². The molecule has 3 rings (SSSR count). The monoisotopic (exact) mass is 409 g/mol. The third-order valence-corrected chi connectivity index (χ3v) is 4.95. The molecule has 0 radical (unpaired) electrons. The molecule has 2 N–H and O–H groups in total. The topological polar surface area (TPSA) is 85.8 Å².